The number of carbonyl (C=O) groups excluding carboxylic acids is 1. The maximum absolute atomic E-state index is 12.3. The Morgan fingerprint density at radius 2 is 2.12 bits per heavy atom. The number of fused-ring (bicyclic) bond motifs is 1. The minimum atomic E-state index is -0.255. The number of furan rings is 1. The minimum absolute atomic E-state index is 0.0355. The smallest absolute Gasteiger partial charge is 0.290 e. The van der Waals surface area contributed by atoms with Crippen molar-refractivity contribution in [1.29, 1.82) is 0 Å². The molecule has 0 bridgehead atoms. The van der Waals surface area contributed by atoms with E-state index in [-0.39, 0.29) is 17.8 Å². The first-order valence-corrected chi connectivity index (χ1v) is 8.74. The lowest BCUT2D eigenvalue weighted by molar-refractivity contribution is -0.0462. The monoisotopic (exact) mass is 342 g/mol. The molecule has 2 fully saturated rings. The van der Waals surface area contributed by atoms with Gasteiger partial charge in [0.15, 0.2) is 5.76 Å². The molecule has 0 saturated carbocycles. The van der Waals surface area contributed by atoms with Gasteiger partial charge in [0.1, 0.15) is 5.75 Å². The van der Waals surface area contributed by atoms with Gasteiger partial charge in [0.2, 0.25) is 0 Å². The standard InChI is InChI=1S/C19H22N2O4/c22-19(20-11-16-12-21-10-4-5-14(21)13-23-16)17-8-9-18(25-17)24-15-6-2-1-3-7-15/h1-3,6-9,14,16H,4-5,10-13H2,(H,20,22)/t14-,16-/m1/s1. The van der Waals surface area contributed by atoms with Gasteiger partial charge in [0.25, 0.3) is 11.9 Å². The zero-order valence-corrected chi connectivity index (χ0v) is 14.0. The van der Waals surface area contributed by atoms with Gasteiger partial charge in [-0.25, -0.2) is 0 Å². The second-order valence-corrected chi connectivity index (χ2v) is 6.49. The van der Waals surface area contributed by atoms with Crippen molar-refractivity contribution in [3.63, 3.8) is 0 Å². The highest BCUT2D eigenvalue weighted by molar-refractivity contribution is 5.91. The highest BCUT2D eigenvalue weighted by atomic mass is 16.6. The number of morpholine rings is 1. The lowest BCUT2D eigenvalue weighted by Crippen LogP contribution is -2.50. The Kier molecular flexibility index (Phi) is 4.72. The Balaban J connectivity index is 1.28. The van der Waals surface area contributed by atoms with Crippen molar-refractivity contribution in [3.8, 4) is 11.7 Å². The van der Waals surface area contributed by atoms with Gasteiger partial charge in [-0.2, -0.15) is 0 Å². The molecule has 1 N–H and O–H groups in total. The third-order valence-electron chi connectivity index (χ3n) is 4.72. The van der Waals surface area contributed by atoms with Gasteiger partial charge >= 0.3 is 0 Å². The summed E-state index contributed by atoms with van der Waals surface area (Å²) in [5.74, 6) is 0.945. The first-order chi connectivity index (χ1) is 12.3. The zero-order chi connectivity index (χ0) is 17.1. The molecule has 2 aliphatic heterocycles. The molecule has 25 heavy (non-hydrogen) atoms. The zero-order valence-electron chi connectivity index (χ0n) is 14.0. The molecule has 3 heterocycles. The van der Waals surface area contributed by atoms with Crippen molar-refractivity contribution >= 4 is 5.91 Å². The first-order valence-electron chi connectivity index (χ1n) is 8.74. The largest absolute Gasteiger partial charge is 0.426 e. The van der Waals surface area contributed by atoms with Crippen molar-refractivity contribution < 1.29 is 18.7 Å². The maximum atomic E-state index is 12.3. The minimum Gasteiger partial charge on any atom is -0.426 e. The molecule has 4 rings (SSSR count). The number of hydrogen-bond donors (Lipinski definition) is 1. The van der Waals surface area contributed by atoms with E-state index in [1.54, 1.807) is 12.1 Å². The van der Waals surface area contributed by atoms with Gasteiger partial charge in [0, 0.05) is 25.2 Å². The number of rotatable bonds is 5. The second kappa shape index (κ2) is 7.29. The van der Waals surface area contributed by atoms with Crippen LogP contribution in [0, 0.1) is 0 Å². The van der Waals surface area contributed by atoms with Crippen molar-refractivity contribution in [1.82, 2.24) is 10.2 Å². The molecular weight excluding hydrogens is 320 g/mol. The molecule has 1 aromatic heterocycles. The molecule has 0 aliphatic carbocycles. The molecule has 6 nitrogen and oxygen atoms in total. The number of benzene rings is 1. The van der Waals surface area contributed by atoms with Crippen LogP contribution in [0.4, 0.5) is 0 Å². The number of ether oxygens (including phenoxy) is 2. The van der Waals surface area contributed by atoms with Gasteiger partial charge in [-0.3, -0.25) is 9.69 Å². The van der Waals surface area contributed by atoms with Crippen LogP contribution in [0.5, 0.6) is 11.7 Å². The fraction of sp³-hybridized carbons (Fsp3) is 0.421. The summed E-state index contributed by atoms with van der Waals surface area (Å²) in [5, 5.41) is 2.89. The van der Waals surface area contributed by atoms with E-state index in [4.69, 9.17) is 13.9 Å². The molecule has 2 aliphatic rings. The summed E-state index contributed by atoms with van der Waals surface area (Å²) in [4.78, 5) is 14.7. The molecule has 0 radical (unpaired) electrons. The molecule has 132 valence electrons. The maximum Gasteiger partial charge on any atom is 0.290 e. The van der Waals surface area contributed by atoms with E-state index in [2.05, 4.69) is 10.2 Å². The third-order valence-corrected chi connectivity index (χ3v) is 4.72. The van der Waals surface area contributed by atoms with Crippen LogP contribution in [0.1, 0.15) is 23.4 Å². The van der Waals surface area contributed by atoms with E-state index in [1.807, 2.05) is 30.3 Å². The van der Waals surface area contributed by atoms with E-state index < -0.39 is 0 Å². The molecule has 2 aromatic rings. The van der Waals surface area contributed by atoms with Crippen LogP contribution in [0.15, 0.2) is 46.9 Å². The van der Waals surface area contributed by atoms with Gasteiger partial charge < -0.3 is 19.2 Å². The van der Waals surface area contributed by atoms with Crippen molar-refractivity contribution in [2.75, 3.05) is 26.2 Å². The van der Waals surface area contributed by atoms with Gasteiger partial charge in [-0.05, 0) is 37.6 Å². The molecule has 2 atom stereocenters. The summed E-state index contributed by atoms with van der Waals surface area (Å²) in [6, 6.07) is 13.1. The number of carbonyl (C=O) groups is 1. The summed E-state index contributed by atoms with van der Waals surface area (Å²) >= 11 is 0. The SMILES string of the molecule is O=C(NC[C@@H]1CN2CCC[C@@H]2CO1)c1ccc(Oc2ccccc2)o1. The van der Waals surface area contributed by atoms with Crippen LogP contribution in [-0.2, 0) is 4.74 Å². The Hall–Kier alpha value is -2.31. The number of amides is 1. The Morgan fingerprint density at radius 1 is 1.24 bits per heavy atom. The third kappa shape index (κ3) is 3.86. The van der Waals surface area contributed by atoms with Crippen LogP contribution < -0.4 is 10.1 Å². The average Bonchev–Trinajstić information content (AvgIpc) is 3.29. The first kappa shape index (κ1) is 16.2. The van der Waals surface area contributed by atoms with E-state index in [9.17, 15) is 4.79 Å². The number of nitrogens with zero attached hydrogens (tertiary/aromatic N) is 1. The summed E-state index contributed by atoms with van der Waals surface area (Å²) in [6.07, 6.45) is 2.49. The van der Waals surface area contributed by atoms with Crippen LogP contribution >= 0.6 is 0 Å². The normalized spacial score (nSPS) is 23.2. The molecule has 2 saturated heterocycles. The van der Waals surface area contributed by atoms with Crippen LogP contribution in [-0.4, -0.2) is 49.2 Å². The summed E-state index contributed by atoms with van der Waals surface area (Å²) in [6.45, 7) is 3.26. The highest BCUT2D eigenvalue weighted by Gasteiger charge is 2.32. The molecule has 1 aromatic carbocycles. The average molecular weight is 342 g/mol. The molecule has 0 unspecified atom stereocenters. The van der Waals surface area contributed by atoms with Crippen molar-refractivity contribution in [2.45, 2.75) is 25.0 Å². The predicted molar refractivity (Wildman–Crippen MR) is 91.9 cm³/mol. The number of hydrogen-bond acceptors (Lipinski definition) is 5. The van der Waals surface area contributed by atoms with E-state index in [1.165, 1.54) is 12.8 Å². The molecule has 6 heteroatoms. The lowest BCUT2D eigenvalue weighted by atomic mass is 10.2. The summed E-state index contributed by atoms with van der Waals surface area (Å²) in [5.41, 5.74) is 0. The quantitative estimate of drug-likeness (QED) is 0.905. The fourth-order valence-electron chi connectivity index (χ4n) is 3.40. The second-order valence-electron chi connectivity index (χ2n) is 6.49. The fourth-order valence-corrected chi connectivity index (χ4v) is 3.40. The Morgan fingerprint density at radius 3 is 3.00 bits per heavy atom. The Labute approximate surface area is 146 Å². The highest BCUT2D eigenvalue weighted by Crippen LogP contribution is 2.24. The Bertz CT molecular complexity index is 715. The summed E-state index contributed by atoms with van der Waals surface area (Å²) < 4.78 is 16.9. The van der Waals surface area contributed by atoms with Crippen molar-refractivity contribution in [2.24, 2.45) is 0 Å². The van der Waals surface area contributed by atoms with Gasteiger partial charge in [-0.15, -0.1) is 0 Å². The van der Waals surface area contributed by atoms with Crippen LogP contribution in [0.25, 0.3) is 0 Å². The van der Waals surface area contributed by atoms with E-state index in [0.717, 1.165) is 19.7 Å². The molecule has 1 amide bonds. The van der Waals surface area contributed by atoms with E-state index >= 15 is 0 Å². The predicted octanol–water partition coefficient (Wildman–Crippen LogP) is 2.66. The van der Waals surface area contributed by atoms with Gasteiger partial charge in [-0.1, -0.05) is 18.2 Å². The number of nitrogens with one attached hydrogen (secondary N) is 1. The number of para-hydroxylation sites is 1. The molecule has 0 spiro atoms. The summed E-state index contributed by atoms with van der Waals surface area (Å²) in [7, 11) is 0. The molecular formula is C19H22N2O4. The van der Waals surface area contributed by atoms with Crippen LogP contribution in [0.2, 0.25) is 0 Å². The topological polar surface area (TPSA) is 63.9 Å². The van der Waals surface area contributed by atoms with Gasteiger partial charge in [0.05, 0.1) is 12.7 Å². The van der Waals surface area contributed by atoms with E-state index in [0.29, 0.717) is 24.3 Å². The lowest BCUT2D eigenvalue weighted by Gasteiger charge is -2.35. The van der Waals surface area contributed by atoms with Crippen molar-refractivity contribution in [3.05, 3.63) is 48.2 Å². The van der Waals surface area contributed by atoms with Crippen LogP contribution in [0.3, 0.4) is 0 Å².